The van der Waals surface area contributed by atoms with Crippen LogP contribution in [0.2, 0.25) is 0 Å². The average Bonchev–Trinajstić information content (AvgIpc) is 3.09. The molecule has 0 amide bonds. The van der Waals surface area contributed by atoms with Crippen molar-refractivity contribution < 1.29 is 9.47 Å². The zero-order valence-corrected chi connectivity index (χ0v) is 19.0. The molecule has 4 atom stereocenters. The van der Waals surface area contributed by atoms with Crippen LogP contribution < -0.4 is 0 Å². The van der Waals surface area contributed by atoms with Crippen LogP contribution in [0.15, 0.2) is 22.6 Å². The maximum absolute atomic E-state index is 6.30. The van der Waals surface area contributed by atoms with E-state index in [4.69, 9.17) is 9.47 Å². The van der Waals surface area contributed by atoms with Crippen molar-refractivity contribution in [3.8, 4) is 0 Å². The molecule has 0 aromatic carbocycles. The SMILES string of the molecule is CC12C=CC3=C(SCC3OCCSS)C1(C)C(OCCSS)CS2. The number of thioether (sulfide) groups is 2. The monoisotopic (exact) mass is 440 g/mol. The van der Waals surface area contributed by atoms with E-state index in [-0.39, 0.29) is 22.4 Å². The Hall–Kier alpha value is 1.50. The Morgan fingerprint density at radius 1 is 1.17 bits per heavy atom. The Labute approximate surface area is 172 Å². The number of rotatable bonds is 8. The van der Waals surface area contributed by atoms with E-state index >= 15 is 0 Å². The summed E-state index contributed by atoms with van der Waals surface area (Å²) in [4.78, 5) is 1.49. The summed E-state index contributed by atoms with van der Waals surface area (Å²) >= 11 is 12.4. The molecule has 0 aromatic rings. The molecular formula is C16H24O2S6. The number of ether oxygens (including phenoxy) is 2. The minimum absolute atomic E-state index is 0.0318. The lowest BCUT2D eigenvalue weighted by Crippen LogP contribution is -2.46. The van der Waals surface area contributed by atoms with Gasteiger partial charge in [-0.1, -0.05) is 40.7 Å². The van der Waals surface area contributed by atoms with Crippen LogP contribution in [0, 0.1) is 5.41 Å². The van der Waals surface area contributed by atoms with Gasteiger partial charge in [0.1, 0.15) is 0 Å². The van der Waals surface area contributed by atoms with Crippen molar-refractivity contribution in [1.29, 1.82) is 0 Å². The number of thiol groups is 2. The summed E-state index contributed by atoms with van der Waals surface area (Å²) < 4.78 is 12.5. The van der Waals surface area contributed by atoms with Crippen LogP contribution in [0.1, 0.15) is 13.8 Å². The third-order valence-corrected chi connectivity index (χ3v) is 10.1. The van der Waals surface area contributed by atoms with Gasteiger partial charge < -0.3 is 9.47 Å². The first-order valence-electron chi connectivity index (χ1n) is 8.03. The van der Waals surface area contributed by atoms with E-state index in [2.05, 4.69) is 49.3 Å². The quantitative estimate of drug-likeness (QED) is 0.312. The molecule has 3 aliphatic rings. The Kier molecular flexibility index (Phi) is 7.31. The van der Waals surface area contributed by atoms with Crippen LogP contribution >= 0.6 is 68.4 Å². The molecule has 0 spiro atoms. The summed E-state index contributed by atoms with van der Waals surface area (Å²) in [5.41, 5.74) is 1.41. The Morgan fingerprint density at radius 2 is 1.88 bits per heavy atom. The molecule has 2 aliphatic heterocycles. The Morgan fingerprint density at radius 3 is 2.58 bits per heavy atom. The van der Waals surface area contributed by atoms with Crippen molar-refractivity contribution in [2.24, 2.45) is 5.41 Å². The molecule has 8 heteroatoms. The maximum atomic E-state index is 6.30. The van der Waals surface area contributed by atoms with Crippen molar-refractivity contribution in [1.82, 2.24) is 0 Å². The second kappa shape index (κ2) is 8.67. The first-order valence-corrected chi connectivity index (χ1v) is 14.1. The van der Waals surface area contributed by atoms with E-state index in [1.54, 1.807) is 10.8 Å². The van der Waals surface area contributed by atoms with E-state index in [9.17, 15) is 0 Å². The Balaban J connectivity index is 1.80. The molecule has 0 bridgehead atoms. The Bertz CT molecular complexity index is 525. The summed E-state index contributed by atoms with van der Waals surface area (Å²) in [7, 11) is 3.08. The lowest BCUT2D eigenvalue weighted by atomic mass is 9.69. The number of fused-ring (bicyclic) bond motifs is 2. The zero-order valence-electron chi connectivity index (χ0n) is 13.9. The molecule has 0 radical (unpaired) electrons. The molecule has 1 saturated heterocycles. The predicted octanol–water partition coefficient (Wildman–Crippen LogP) is 5.00. The van der Waals surface area contributed by atoms with Crippen molar-refractivity contribution in [3.63, 3.8) is 0 Å². The van der Waals surface area contributed by atoms with Gasteiger partial charge in [0.25, 0.3) is 0 Å². The number of hydrogen-bond donors (Lipinski definition) is 2. The highest BCUT2D eigenvalue weighted by Crippen LogP contribution is 2.64. The highest BCUT2D eigenvalue weighted by molar-refractivity contribution is 8.68. The lowest BCUT2D eigenvalue weighted by Gasteiger charge is -2.45. The summed E-state index contributed by atoms with van der Waals surface area (Å²) in [6.07, 6.45) is 5.17. The summed E-state index contributed by atoms with van der Waals surface area (Å²) in [5, 5.41) is 0. The fourth-order valence-corrected chi connectivity index (χ4v) is 7.73. The van der Waals surface area contributed by atoms with Crippen molar-refractivity contribution in [2.75, 3.05) is 36.2 Å². The zero-order chi connectivity index (χ0) is 17.2. The van der Waals surface area contributed by atoms with Crippen LogP contribution in [0.4, 0.5) is 0 Å². The summed E-state index contributed by atoms with van der Waals surface area (Å²) in [6, 6.07) is 0. The standard InChI is InChI=1S/C16H24O2S6/c1-15-4-3-11-12(17-5-7-23-19)9-21-14(11)16(15,2)13(10-22-15)18-6-8-24-20/h3-4,12-13,19-20H,5-10H2,1-2H3. The lowest BCUT2D eigenvalue weighted by molar-refractivity contribution is 0.00895. The predicted molar refractivity (Wildman–Crippen MR) is 120 cm³/mol. The maximum Gasteiger partial charge on any atom is 0.0926 e. The van der Waals surface area contributed by atoms with Gasteiger partial charge in [-0.05, 0) is 12.5 Å². The third kappa shape index (κ3) is 3.60. The minimum Gasteiger partial charge on any atom is -0.375 e. The summed E-state index contributed by atoms with van der Waals surface area (Å²) in [6.45, 7) is 6.28. The molecule has 136 valence electrons. The second-order valence-electron chi connectivity index (χ2n) is 6.43. The topological polar surface area (TPSA) is 18.5 Å². The molecule has 4 unspecified atom stereocenters. The van der Waals surface area contributed by atoms with Gasteiger partial charge in [0, 0.05) is 38.1 Å². The molecule has 2 heterocycles. The van der Waals surface area contributed by atoms with E-state index in [0.29, 0.717) is 0 Å². The fraction of sp³-hybridized carbons (Fsp3) is 0.750. The minimum atomic E-state index is 0.0318. The van der Waals surface area contributed by atoms with Gasteiger partial charge in [0.15, 0.2) is 0 Å². The van der Waals surface area contributed by atoms with Gasteiger partial charge in [-0.2, -0.15) is 0 Å². The van der Waals surface area contributed by atoms with E-state index in [1.165, 1.54) is 21.3 Å². The van der Waals surface area contributed by atoms with Crippen LogP contribution in [0.25, 0.3) is 0 Å². The summed E-state index contributed by atoms with van der Waals surface area (Å²) in [5.74, 6) is 3.92. The van der Waals surface area contributed by atoms with Gasteiger partial charge in [-0.15, -0.1) is 46.8 Å². The molecular weight excluding hydrogens is 417 g/mol. The van der Waals surface area contributed by atoms with E-state index in [1.807, 2.05) is 23.5 Å². The second-order valence-corrected chi connectivity index (χ2v) is 11.8. The van der Waals surface area contributed by atoms with Gasteiger partial charge in [-0.3, -0.25) is 0 Å². The van der Waals surface area contributed by atoms with E-state index < -0.39 is 0 Å². The first kappa shape index (κ1) is 20.2. The van der Waals surface area contributed by atoms with Crippen LogP contribution in [0.5, 0.6) is 0 Å². The first-order chi connectivity index (χ1) is 11.6. The molecule has 0 N–H and O–H groups in total. The third-order valence-electron chi connectivity index (χ3n) is 5.24. The van der Waals surface area contributed by atoms with Gasteiger partial charge in [0.05, 0.1) is 25.4 Å². The van der Waals surface area contributed by atoms with Crippen molar-refractivity contribution in [3.05, 3.63) is 22.6 Å². The molecule has 0 aromatic heterocycles. The van der Waals surface area contributed by atoms with Crippen LogP contribution in [0.3, 0.4) is 0 Å². The van der Waals surface area contributed by atoms with Crippen molar-refractivity contribution >= 4 is 68.4 Å². The van der Waals surface area contributed by atoms with Gasteiger partial charge in [-0.25, -0.2) is 0 Å². The normalized spacial score (nSPS) is 37.8. The molecule has 1 aliphatic carbocycles. The molecule has 1 fully saturated rings. The van der Waals surface area contributed by atoms with E-state index in [0.717, 1.165) is 36.2 Å². The molecule has 0 saturated carbocycles. The molecule has 24 heavy (non-hydrogen) atoms. The van der Waals surface area contributed by atoms with Crippen molar-refractivity contribution in [2.45, 2.75) is 30.8 Å². The highest BCUT2D eigenvalue weighted by Gasteiger charge is 2.60. The highest BCUT2D eigenvalue weighted by atomic mass is 33.1. The average molecular weight is 441 g/mol. The molecule has 2 nitrogen and oxygen atoms in total. The molecule has 3 rings (SSSR count). The number of hydrogen-bond acceptors (Lipinski definition) is 8. The van der Waals surface area contributed by atoms with Crippen LogP contribution in [-0.2, 0) is 9.47 Å². The van der Waals surface area contributed by atoms with Gasteiger partial charge >= 0.3 is 0 Å². The largest absolute Gasteiger partial charge is 0.375 e. The smallest absolute Gasteiger partial charge is 0.0926 e. The van der Waals surface area contributed by atoms with Crippen LogP contribution in [-0.4, -0.2) is 53.2 Å². The van der Waals surface area contributed by atoms with Gasteiger partial charge in [0.2, 0.25) is 0 Å². The fourth-order valence-electron chi connectivity index (χ4n) is 3.65.